The summed E-state index contributed by atoms with van der Waals surface area (Å²) < 4.78 is 0. The number of aromatic nitrogens is 1. The maximum atomic E-state index is 11.8. The van der Waals surface area contributed by atoms with Crippen LogP contribution in [0.15, 0.2) is 42.6 Å². The lowest BCUT2D eigenvalue weighted by molar-refractivity contribution is -0.136. The van der Waals surface area contributed by atoms with Crippen molar-refractivity contribution in [3.05, 3.63) is 53.9 Å². The SMILES string of the molecule is Cc1ccc(N)c(NC(=O)C(=O)NCc2ccccn2)c1. The van der Waals surface area contributed by atoms with E-state index in [1.165, 1.54) is 0 Å². The molecule has 4 N–H and O–H groups in total. The summed E-state index contributed by atoms with van der Waals surface area (Å²) in [5, 5.41) is 4.99. The molecule has 2 amide bonds. The van der Waals surface area contributed by atoms with Gasteiger partial charge in [0.1, 0.15) is 0 Å². The molecule has 6 heteroatoms. The van der Waals surface area contributed by atoms with Crippen molar-refractivity contribution in [1.82, 2.24) is 10.3 Å². The van der Waals surface area contributed by atoms with Crippen LogP contribution >= 0.6 is 0 Å². The van der Waals surface area contributed by atoms with Crippen molar-refractivity contribution in [2.24, 2.45) is 0 Å². The molecule has 0 saturated heterocycles. The summed E-state index contributed by atoms with van der Waals surface area (Å²) in [6.45, 7) is 2.06. The Morgan fingerprint density at radius 2 is 2.00 bits per heavy atom. The minimum atomic E-state index is -0.761. The van der Waals surface area contributed by atoms with Crippen molar-refractivity contribution < 1.29 is 9.59 Å². The molecule has 0 radical (unpaired) electrons. The highest BCUT2D eigenvalue weighted by molar-refractivity contribution is 6.39. The highest BCUT2D eigenvalue weighted by atomic mass is 16.2. The maximum absolute atomic E-state index is 11.8. The molecule has 0 aliphatic carbocycles. The number of nitrogen functional groups attached to an aromatic ring is 1. The van der Waals surface area contributed by atoms with Crippen molar-refractivity contribution in [2.45, 2.75) is 13.5 Å². The largest absolute Gasteiger partial charge is 0.397 e. The number of anilines is 2. The second kappa shape index (κ2) is 6.51. The van der Waals surface area contributed by atoms with E-state index in [1.807, 2.05) is 19.1 Å². The van der Waals surface area contributed by atoms with Gasteiger partial charge in [0.2, 0.25) is 0 Å². The summed E-state index contributed by atoms with van der Waals surface area (Å²) in [5.74, 6) is -1.50. The Hall–Kier alpha value is -2.89. The first-order valence-electron chi connectivity index (χ1n) is 6.41. The molecule has 6 nitrogen and oxygen atoms in total. The third-order valence-corrected chi connectivity index (χ3v) is 2.82. The Bertz CT molecular complexity index is 656. The van der Waals surface area contributed by atoms with E-state index < -0.39 is 11.8 Å². The number of benzene rings is 1. The standard InChI is InChI=1S/C15H16N4O2/c1-10-5-6-12(16)13(8-10)19-15(21)14(20)18-9-11-4-2-3-7-17-11/h2-8H,9,16H2,1H3,(H,18,20)(H,19,21). The van der Waals surface area contributed by atoms with Crippen molar-refractivity contribution in [3.8, 4) is 0 Å². The zero-order chi connectivity index (χ0) is 15.2. The van der Waals surface area contributed by atoms with E-state index in [4.69, 9.17) is 5.73 Å². The number of hydrogen-bond donors (Lipinski definition) is 3. The summed E-state index contributed by atoms with van der Waals surface area (Å²) >= 11 is 0. The van der Waals surface area contributed by atoms with Gasteiger partial charge in [-0.25, -0.2) is 0 Å². The molecule has 108 valence electrons. The first-order valence-corrected chi connectivity index (χ1v) is 6.41. The fourth-order valence-corrected chi connectivity index (χ4v) is 1.71. The Morgan fingerprint density at radius 3 is 2.71 bits per heavy atom. The molecule has 0 spiro atoms. The lowest BCUT2D eigenvalue weighted by Crippen LogP contribution is -2.35. The van der Waals surface area contributed by atoms with E-state index >= 15 is 0 Å². The molecule has 2 aromatic rings. The second-order valence-electron chi connectivity index (χ2n) is 4.55. The van der Waals surface area contributed by atoms with Crippen LogP contribution in [0, 0.1) is 6.92 Å². The van der Waals surface area contributed by atoms with Crippen LogP contribution in [-0.4, -0.2) is 16.8 Å². The monoisotopic (exact) mass is 284 g/mol. The second-order valence-corrected chi connectivity index (χ2v) is 4.55. The molecule has 0 atom stereocenters. The Balaban J connectivity index is 1.94. The third-order valence-electron chi connectivity index (χ3n) is 2.82. The molecule has 0 unspecified atom stereocenters. The lowest BCUT2D eigenvalue weighted by Gasteiger charge is -2.09. The van der Waals surface area contributed by atoms with Gasteiger partial charge in [-0.05, 0) is 36.8 Å². The summed E-state index contributed by atoms with van der Waals surface area (Å²) in [5.41, 5.74) is 8.19. The smallest absolute Gasteiger partial charge is 0.313 e. The van der Waals surface area contributed by atoms with E-state index in [9.17, 15) is 9.59 Å². The predicted octanol–water partition coefficient (Wildman–Crippen LogP) is 1.23. The topological polar surface area (TPSA) is 97.1 Å². The number of carbonyl (C=O) groups is 2. The number of amides is 2. The van der Waals surface area contributed by atoms with Gasteiger partial charge in [-0.1, -0.05) is 12.1 Å². The average molecular weight is 284 g/mol. The number of pyridine rings is 1. The number of nitrogens with one attached hydrogen (secondary N) is 2. The van der Waals surface area contributed by atoms with Crippen LogP contribution in [0.4, 0.5) is 11.4 Å². The number of carbonyl (C=O) groups excluding carboxylic acids is 2. The Labute approximate surface area is 122 Å². The minimum Gasteiger partial charge on any atom is -0.397 e. The third kappa shape index (κ3) is 4.04. The van der Waals surface area contributed by atoms with E-state index in [0.29, 0.717) is 17.1 Å². The van der Waals surface area contributed by atoms with Gasteiger partial charge in [0.25, 0.3) is 0 Å². The first-order chi connectivity index (χ1) is 10.1. The summed E-state index contributed by atoms with van der Waals surface area (Å²) in [7, 11) is 0. The van der Waals surface area contributed by atoms with Crippen molar-refractivity contribution >= 4 is 23.2 Å². The van der Waals surface area contributed by atoms with Gasteiger partial charge in [0.05, 0.1) is 23.6 Å². The first kappa shape index (κ1) is 14.5. The zero-order valence-electron chi connectivity index (χ0n) is 11.6. The van der Waals surface area contributed by atoms with Crippen molar-refractivity contribution in [2.75, 3.05) is 11.1 Å². The number of rotatable bonds is 3. The molecule has 0 aliphatic rings. The van der Waals surface area contributed by atoms with Gasteiger partial charge < -0.3 is 16.4 Å². The summed E-state index contributed by atoms with van der Waals surface area (Å²) in [4.78, 5) is 27.6. The van der Waals surface area contributed by atoms with Crippen LogP contribution in [0.25, 0.3) is 0 Å². The van der Waals surface area contributed by atoms with E-state index in [2.05, 4.69) is 15.6 Å². The van der Waals surface area contributed by atoms with Crippen LogP contribution in [-0.2, 0) is 16.1 Å². The normalized spacial score (nSPS) is 9.95. The Morgan fingerprint density at radius 1 is 1.19 bits per heavy atom. The number of hydrogen-bond acceptors (Lipinski definition) is 4. The van der Waals surface area contributed by atoms with Gasteiger partial charge in [-0.2, -0.15) is 0 Å². The molecule has 1 heterocycles. The Kier molecular flexibility index (Phi) is 4.50. The molecule has 0 aliphatic heterocycles. The molecule has 0 bridgehead atoms. The predicted molar refractivity (Wildman–Crippen MR) is 80.3 cm³/mol. The lowest BCUT2D eigenvalue weighted by atomic mass is 10.2. The van der Waals surface area contributed by atoms with E-state index in [1.54, 1.807) is 30.5 Å². The quantitative estimate of drug-likeness (QED) is 0.583. The highest BCUT2D eigenvalue weighted by Gasteiger charge is 2.14. The van der Waals surface area contributed by atoms with Crippen LogP contribution < -0.4 is 16.4 Å². The number of aryl methyl sites for hydroxylation is 1. The van der Waals surface area contributed by atoms with Crippen LogP contribution in [0.5, 0.6) is 0 Å². The maximum Gasteiger partial charge on any atom is 0.313 e. The zero-order valence-corrected chi connectivity index (χ0v) is 11.6. The highest BCUT2D eigenvalue weighted by Crippen LogP contribution is 2.19. The van der Waals surface area contributed by atoms with Gasteiger partial charge >= 0.3 is 11.8 Å². The summed E-state index contributed by atoms with van der Waals surface area (Å²) in [6.07, 6.45) is 1.62. The molecule has 0 saturated carbocycles. The van der Waals surface area contributed by atoms with Gasteiger partial charge in [-0.3, -0.25) is 14.6 Å². The van der Waals surface area contributed by atoms with Crippen LogP contribution in [0.3, 0.4) is 0 Å². The van der Waals surface area contributed by atoms with Gasteiger partial charge in [0, 0.05) is 6.20 Å². The molecular weight excluding hydrogens is 268 g/mol. The molecule has 2 rings (SSSR count). The molecule has 1 aromatic carbocycles. The van der Waals surface area contributed by atoms with E-state index in [-0.39, 0.29) is 6.54 Å². The minimum absolute atomic E-state index is 0.191. The van der Waals surface area contributed by atoms with Crippen molar-refractivity contribution in [1.29, 1.82) is 0 Å². The summed E-state index contributed by atoms with van der Waals surface area (Å²) in [6, 6.07) is 10.6. The molecular formula is C15H16N4O2. The molecule has 1 aromatic heterocycles. The number of nitrogens with zero attached hydrogens (tertiary/aromatic N) is 1. The molecule has 21 heavy (non-hydrogen) atoms. The fraction of sp³-hybridized carbons (Fsp3) is 0.133. The average Bonchev–Trinajstić information content (AvgIpc) is 2.49. The van der Waals surface area contributed by atoms with Crippen molar-refractivity contribution in [3.63, 3.8) is 0 Å². The fourth-order valence-electron chi connectivity index (χ4n) is 1.71. The van der Waals surface area contributed by atoms with Gasteiger partial charge in [0.15, 0.2) is 0 Å². The molecule has 0 fully saturated rings. The van der Waals surface area contributed by atoms with Crippen LogP contribution in [0.2, 0.25) is 0 Å². The van der Waals surface area contributed by atoms with Gasteiger partial charge in [-0.15, -0.1) is 0 Å². The number of nitrogens with two attached hydrogens (primary N) is 1. The van der Waals surface area contributed by atoms with Crippen LogP contribution in [0.1, 0.15) is 11.3 Å². The van der Waals surface area contributed by atoms with E-state index in [0.717, 1.165) is 5.56 Å².